The lowest BCUT2D eigenvalue weighted by Gasteiger charge is -2.30. The summed E-state index contributed by atoms with van der Waals surface area (Å²) >= 11 is 0. The minimum Gasteiger partial charge on any atom is -0.329 e. The van der Waals surface area contributed by atoms with Gasteiger partial charge < -0.3 is 5.73 Å². The van der Waals surface area contributed by atoms with Crippen LogP contribution in [0, 0.1) is 17.2 Å². The molecule has 0 amide bonds. The molecule has 0 aliphatic carbocycles. The molecule has 92 valence electrons. The second kappa shape index (κ2) is 7.05. The van der Waals surface area contributed by atoms with Crippen molar-refractivity contribution < 1.29 is 0 Å². The van der Waals surface area contributed by atoms with Gasteiger partial charge in [0.2, 0.25) is 0 Å². The predicted molar refractivity (Wildman–Crippen MR) is 70.3 cm³/mol. The van der Waals surface area contributed by atoms with E-state index in [0.717, 1.165) is 13.1 Å². The third-order valence-electron chi connectivity index (χ3n) is 2.98. The molecule has 0 aromatic heterocycles. The van der Waals surface area contributed by atoms with Gasteiger partial charge in [0, 0.05) is 19.1 Å². The standard InChI is InChI=1S/C14H21N3/c1-3-17(11-12(2)9-15)14(10-16)13-7-5-4-6-8-13/h4-8,12,14H,3,10-11,16H2,1-2H3. The van der Waals surface area contributed by atoms with E-state index in [1.165, 1.54) is 5.56 Å². The summed E-state index contributed by atoms with van der Waals surface area (Å²) in [5.74, 6) is 0.0349. The minimum absolute atomic E-state index is 0.0349. The Kier molecular flexibility index (Phi) is 5.68. The van der Waals surface area contributed by atoms with Crippen molar-refractivity contribution in [2.24, 2.45) is 11.7 Å². The van der Waals surface area contributed by atoms with Gasteiger partial charge in [-0.1, -0.05) is 37.3 Å². The van der Waals surface area contributed by atoms with E-state index in [0.29, 0.717) is 6.54 Å². The maximum absolute atomic E-state index is 8.90. The van der Waals surface area contributed by atoms with E-state index in [1.807, 2.05) is 25.1 Å². The van der Waals surface area contributed by atoms with Crippen molar-refractivity contribution >= 4 is 0 Å². The zero-order valence-electron chi connectivity index (χ0n) is 10.6. The van der Waals surface area contributed by atoms with Gasteiger partial charge in [-0.3, -0.25) is 4.90 Å². The van der Waals surface area contributed by atoms with E-state index in [1.54, 1.807) is 0 Å². The number of hydrogen-bond acceptors (Lipinski definition) is 3. The fourth-order valence-corrected chi connectivity index (χ4v) is 2.04. The van der Waals surface area contributed by atoms with Gasteiger partial charge in [0.15, 0.2) is 0 Å². The van der Waals surface area contributed by atoms with Crippen molar-refractivity contribution in [2.45, 2.75) is 19.9 Å². The first-order chi connectivity index (χ1) is 8.22. The molecule has 2 unspecified atom stereocenters. The van der Waals surface area contributed by atoms with Crippen LogP contribution in [-0.2, 0) is 0 Å². The molecule has 1 aromatic rings. The van der Waals surface area contributed by atoms with Crippen LogP contribution in [0.15, 0.2) is 30.3 Å². The molecule has 2 N–H and O–H groups in total. The summed E-state index contributed by atoms with van der Waals surface area (Å²) in [5.41, 5.74) is 7.10. The maximum atomic E-state index is 8.90. The van der Waals surface area contributed by atoms with Crippen LogP contribution in [0.5, 0.6) is 0 Å². The largest absolute Gasteiger partial charge is 0.329 e. The molecule has 3 heteroatoms. The lowest BCUT2D eigenvalue weighted by Crippen LogP contribution is -2.36. The monoisotopic (exact) mass is 231 g/mol. The Bertz CT molecular complexity index is 355. The lowest BCUT2D eigenvalue weighted by atomic mass is 10.0. The second-order valence-electron chi connectivity index (χ2n) is 4.28. The van der Waals surface area contributed by atoms with Crippen LogP contribution in [0.1, 0.15) is 25.5 Å². The van der Waals surface area contributed by atoms with Gasteiger partial charge in [-0.05, 0) is 19.0 Å². The summed E-state index contributed by atoms with van der Waals surface area (Å²) in [4.78, 5) is 2.27. The quantitative estimate of drug-likeness (QED) is 0.816. The molecule has 1 aromatic carbocycles. The molecular weight excluding hydrogens is 210 g/mol. The summed E-state index contributed by atoms with van der Waals surface area (Å²) in [6, 6.07) is 12.7. The van der Waals surface area contributed by atoms with Gasteiger partial charge in [-0.2, -0.15) is 5.26 Å². The van der Waals surface area contributed by atoms with Crippen LogP contribution in [0.25, 0.3) is 0 Å². The van der Waals surface area contributed by atoms with Gasteiger partial charge in [-0.25, -0.2) is 0 Å². The van der Waals surface area contributed by atoms with Gasteiger partial charge in [0.1, 0.15) is 0 Å². The average Bonchev–Trinajstić information content (AvgIpc) is 2.39. The smallest absolute Gasteiger partial charge is 0.0666 e. The highest BCUT2D eigenvalue weighted by Crippen LogP contribution is 2.20. The summed E-state index contributed by atoms with van der Waals surface area (Å²) < 4.78 is 0. The summed E-state index contributed by atoms with van der Waals surface area (Å²) in [7, 11) is 0. The Morgan fingerprint density at radius 2 is 2.00 bits per heavy atom. The molecule has 0 radical (unpaired) electrons. The normalized spacial score (nSPS) is 14.3. The van der Waals surface area contributed by atoms with Crippen LogP contribution in [0.4, 0.5) is 0 Å². The molecule has 0 saturated carbocycles. The molecule has 0 fully saturated rings. The van der Waals surface area contributed by atoms with Crippen molar-refractivity contribution in [3.05, 3.63) is 35.9 Å². The molecule has 1 rings (SSSR count). The number of nitriles is 1. The first kappa shape index (κ1) is 13.7. The van der Waals surface area contributed by atoms with Gasteiger partial charge in [-0.15, -0.1) is 0 Å². The van der Waals surface area contributed by atoms with Crippen molar-refractivity contribution in [2.75, 3.05) is 19.6 Å². The molecule has 3 nitrogen and oxygen atoms in total. The SMILES string of the molecule is CCN(CC(C)C#N)C(CN)c1ccccc1. The van der Waals surface area contributed by atoms with Crippen LogP contribution in [0.3, 0.4) is 0 Å². The number of nitrogens with two attached hydrogens (primary N) is 1. The van der Waals surface area contributed by atoms with E-state index in [2.05, 4.69) is 30.0 Å². The van der Waals surface area contributed by atoms with E-state index in [-0.39, 0.29) is 12.0 Å². The third-order valence-corrected chi connectivity index (χ3v) is 2.98. The molecule has 0 bridgehead atoms. The van der Waals surface area contributed by atoms with Crippen molar-refractivity contribution in [3.8, 4) is 6.07 Å². The summed E-state index contributed by atoms with van der Waals surface area (Å²) in [5, 5.41) is 8.90. The first-order valence-electron chi connectivity index (χ1n) is 6.11. The summed E-state index contributed by atoms with van der Waals surface area (Å²) in [6.07, 6.45) is 0. The second-order valence-corrected chi connectivity index (χ2v) is 4.28. The molecule has 0 saturated heterocycles. The predicted octanol–water partition coefficient (Wildman–Crippen LogP) is 2.17. The number of hydrogen-bond donors (Lipinski definition) is 1. The van der Waals surface area contributed by atoms with E-state index in [9.17, 15) is 0 Å². The number of nitrogens with zero attached hydrogens (tertiary/aromatic N) is 2. The van der Waals surface area contributed by atoms with Gasteiger partial charge in [0.25, 0.3) is 0 Å². The molecule has 0 heterocycles. The molecule has 0 spiro atoms. The number of rotatable bonds is 6. The fourth-order valence-electron chi connectivity index (χ4n) is 2.04. The maximum Gasteiger partial charge on any atom is 0.0666 e. The molecule has 17 heavy (non-hydrogen) atoms. The van der Waals surface area contributed by atoms with Crippen LogP contribution < -0.4 is 5.73 Å². The first-order valence-corrected chi connectivity index (χ1v) is 6.11. The average molecular weight is 231 g/mol. The summed E-state index contributed by atoms with van der Waals surface area (Å²) in [6.45, 7) is 6.31. The van der Waals surface area contributed by atoms with Crippen molar-refractivity contribution in [3.63, 3.8) is 0 Å². The molecule has 0 aliphatic rings. The van der Waals surface area contributed by atoms with Crippen LogP contribution >= 0.6 is 0 Å². The van der Waals surface area contributed by atoms with Gasteiger partial charge >= 0.3 is 0 Å². The zero-order valence-corrected chi connectivity index (χ0v) is 10.6. The highest BCUT2D eigenvalue weighted by Gasteiger charge is 2.19. The lowest BCUT2D eigenvalue weighted by molar-refractivity contribution is 0.198. The van der Waals surface area contributed by atoms with Crippen molar-refractivity contribution in [1.29, 1.82) is 5.26 Å². The topological polar surface area (TPSA) is 53.0 Å². The number of likely N-dealkylation sites (N-methyl/N-ethyl adjacent to an activating group) is 1. The Hall–Kier alpha value is -1.37. The third kappa shape index (κ3) is 3.85. The molecular formula is C14H21N3. The Morgan fingerprint density at radius 3 is 2.47 bits per heavy atom. The fraction of sp³-hybridized carbons (Fsp3) is 0.500. The molecule has 2 atom stereocenters. The van der Waals surface area contributed by atoms with Crippen molar-refractivity contribution in [1.82, 2.24) is 4.90 Å². The Morgan fingerprint density at radius 1 is 1.35 bits per heavy atom. The highest BCUT2D eigenvalue weighted by molar-refractivity contribution is 5.19. The Balaban J connectivity index is 2.81. The Labute approximate surface area is 104 Å². The van der Waals surface area contributed by atoms with Gasteiger partial charge in [0.05, 0.1) is 12.0 Å². The number of benzene rings is 1. The van der Waals surface area contributed by atoms with E-state index in [4.69, 9.17) is 11.0 Å². The molecule has 0 aliphatic heterocycles. The van der Waals surface area contributed by atoms with Crippen LogP contribution in [0.2, 0.25) is 0 Å². The minimum atomic E-state index is 0.0349. The van der Waals surface area contributed by atoms with E-state index >= 15 is 0 Å². The highest BCUT2D eigenvalue weighted by atomic mass is 15.2. The van der Waals surface area contributed by atoms with E-state index < -0.39 is 0 Å². The zero-order chi connectivity index (χ0) is 12.7. The van der Waals surface area contributed by atoms with Crippen LogP contribution in [-0.4, -0.2) is 24.5 Å².